The number of esters is 1. The number of nitrogens with zero attached hydrogens (tertiary/aromatic N) is 2. The first-order chi connectivity index (χ1) is 13.8. The van der Waals surface area contributed by atoms with Gasteiger partial charge in [0.1, 0.15) is 9.90 Å². The molecule has 1 aliphatic heterocycles. The average molecular weight is 439 g/mol. The maximum atomic E-state index is 12.7. The molecule has 29 heavy (non-hydrogen) atoms. The predicted octanol–water partition coefficient (Wildman–Crippen LogP) is 3.63. The minimum Gasteiger partial charge on any atom is -0.462 e. The number of rotatable bonds is 7. The molecule has 1 aromatic carbocycles. The molecular weight excluding hydrogens is 412 g/mol. The Hall–Kier alpha value is -1.97. The highest BCUT2D eigenvalue weighted by Gasteiger charge is 2.27. The largest absolute Gasteiger partial charge is 0.462 e. The van der Waals surface area contributed by atoms with Crippen molar-refractivity contribution < 1.29 is 22.1 Å². The van der Waals surface area contributed by atoms with Crippen molar-refractivity contribution in [3.63, 3.8) is 0 Å². The number of benzene rings is 1. The van der Waals surface area contributed by atoms with Crippen LogP contribution in [0.2, 0.25) is 0 Å². The van der Waals surface area contributed by atoms with E-state index in [1.807, 2.05) is 6.92 Å². The van der Waals surface area contributed by atoms with E-state index in [1.54, 1.807) is 19.1 Å². The maximum absolute atomic E-state index is 12.7. The number of carbonyl (C=O) groups excluding carboxylic acids is 1. The lowest BCUT2D eigenvalue weighted by Gasteiger charge is -2.29. The fourth-order valence-electron chi connectivity index (χ4n) is 3.28. The van der Waals surface area contributed by atoms with Crippen LogP contribution in [0.1, 0.15) is 46.9 Å². The summed E-state index contributed by atoms with van der Waals surface area (Å²) in [4.78, 5) is 19.0. The molecule has 2 aromatic rings. The molecule has 0 spiro atoms. The molecule has 7 nitrogen and oxygen atoms in total. The second kappa shape index (κ2) is 9.23. The Morgan fingerprint density at radius 1 is 1.31 bits per heavy atom. The lowest BCUT2D eigenvalue weighted by molar-refractivity contribution is 0.0530. The zero-order valence-electron chi connectivity index (χ0n) is 16.9. The second-order valence-corrected chi connectivity index (χ2v) is 9.93. The molecule has 3 rings (SSSR count). The number of likely N-dealkylation sites (tertiary alicyclic amines) is 1. The first-order valence-corrected chi connectivity index (χ1v) is 11.9. The van der Waals surface area contributed by atoms with Crippen LogP contribution in [0.4, 0.5) is 0 Å². The Labute approximate surface area is 175 Å². The first-order valence-electron chi connectivity index (χ1n) is 9.69. The summed E-state index contributed by atoms with van der Waals surface area (Å²) < 4.78 is 35.7. The molecule has 0 aliphatic carbocycles. The summed E-state index contributed by atoms with van der Waals surface area (Å²) >= 11 is 1.12. The van der Waals surface area contributed by atoms with E-state index in [0.29, 0.717) is 17.5 Å². The van der Waals surface area contributed by atoms with Crippen LogP contribution < -0.4 is 4.18 Å². The van der Waals surface area contributed by atoms with E-state index in [1.165, 1.54) is 18.6 Å². The molecule has 1 aromatic heterocycles. The summed E-state index contributed by atoms with van der Waals surface area (Å²) in [5.41, 5.74) is 0.933. The highest BCUT2D eigenvalue weighted by atomic mass is 32.2. The molecule has 1 atom stereocenters. The van der Waals surface area contributed by atoms with Crippen LogP contribution in [0, 0.1) is 12.8 Å². The summed E-state index contributed by atoms with van der Waals surface area (Å²) in [7, 11) is -4.11. The molecule has 1 aliphatic rings. The minimum atomic E-state index is -4.11. The van der Waals surface area contributed by atoms with Gasteiger partial charge < -0.3 is 8.92 Å². The Bertz CT molecular complexity index is 954. The van der Waals surface area contributed by atoms with Gasteiger partial charge in [-0.15, -0.1) is 11.3 Å². The molecule has 0 amide bonds. The van der Waals surface area contributed by atoms with Crippen LogP contribution in [-0.2, 0) is 21.4 Å². The van der Waals surface area contributed by atoms with Crippen molar-refractivity contribution in [1.82, 2.24) is 9.88 Å². The second-order valence-electron chi connectivity index (χ2n) is 7.30. The molecule has 1 saturated heterocycles. The number of aryl methyl sites for hydroxylation is 1. The van der Waals surface area contributed by atoms with Gasteiger partial charge in [0.15, 0.2) is 4.88 Å². The van der Waals surface area contributed by atoms with Gasteiger partial charge in [0.2, 0.25) is 0 Å². The summed E-state index contributed by atoms with van der Waals surface area (Å²) in [6, 6.07) is 6.31. The highest BCUT2D eigenvalue weighted by molar-refractivity contribution is 7.87. The van der Waals surface area contributed by atoms with Crippen LogP contribution in [0.5, 0.6) is 5.88 Å². The number of hydrogen-bond acceptors (Lipinski definition) is 8. The summed E-state index contributed by atoms with van der Waals surface area (Å²) in [5, 5.41) is 0.635. The van der Waals surface area contributed by atoms with E-state index in [4.69, 9.17) is 8.92 Å². The molecule has 9 heteroatoms. The third kappa shape index (κ3) is 5.55. The van der Waals surface area contributed by atoms with Crippen molar-refractivity contribution in [3.8, 4) is 5.88 Å². The van der Waals surface area contributed by atoms with Crippen molar-refractivity contribution >= 4 is 27.4 Å². The van der Waals surface area contributed by atoms with Crippen LogP contribution >= 0.6 is 11.3 Å². The van der Waals surface area contributed by atoms with E-state index < -0.39 is 16.1 Å². The standard InChI is InChI=1S/C20H26N2O5S2/c1-4-26-20(23)18-19(27-29(24,25)16-9-7-14(2)8-10-16)21-17(28-18)13-22-11-5-6-15(3)12-22/h7-10,15H,4-6,11-13H2,1-3H3. The Kier molecular flexibility index (Phi) is 6.92. The van der Waals surface area contributed by atoms with Gasteiger partial charge in [0.05, 0.1) is 13.2 Å². The summed E-state index contributed by atoms with van der Waals surface area (Å²) in [6.45, 7) is 8.40. The van der Waals surface area contributed by atoms with Crippen LogP contribution in [0.25, 0.3) is 0 Å². The van der Waals surface area contributed by atoms with E-state index in [0.717, 1.165) is 36.4 Å². The van der Waals surface area contributed by atoms with Crippen molar-refractivity contribution in [1.29, 1.82) is 0 Å². The molecule has 158 valence electrons. The van der Waals surface area contributed by atoms with Crippen molar-refractivity contribution in [2.75, 3.05) is 19.7 Å². The van der Waals surface area contributed by atoms with Gasteiger partial charge in [-0.1, -0.05) is 24.6 Å². The molecule has 1 fully saturated rings. The Morgan fingerprint density at radius 3 is 2.69 bits per heavy atom. The van der Waals surface area contributed by atoms with E-state index in [-0.39, 0.29) is 22.3 Å². The molecule has 0 radical (unpaired) electrons. The Morgan fingerprint density at radius 2 is 2.03 bits per heavy atom. The molecule has 0 bridgehead atoms. The van der Waals surface area contributed by atoms with Crippen LogP contribution in [0.15, 0.2) is 29.2 Å². The summed E-state index contributed by atoms with van der Waals surface area (Å²) in [6.07, 6.45) is 2.31. The maximum Gasteiger partial charge on any atom is 0.354 e. The number of aromatic nitrogens is 1. The fourth-order valence-corrected chi connectivity index (χ4v) is 5.15. The van der Waals surface area contributed by atoms with Gasteiger partial charge in [0, 0.05) is 6.54 Å². The number of ether oxygens (including phenoxy) is 1. The lowest BCUT2D eigenvalue weighted by Crippen LogP contribution is -2.33. The van der Waals surface area contributed by atoms with Gasteiger partial charge in [-0.3, -0.25) is 4.90 Å². The van der Waals surface area contributed by atoms with Crippen molar-refractivity contribution in [2.45, 2.75) is 45.1 Å². The smallest absolute Gasteiger partial charge is 0.354 e. The first kappa shape index (κ1) is 21.7. The fraction of sp³-hybridized carbons (Fsp3) is 0.500. The zero-order chi connectivity index (χ0) is 21.0. The number of thiazole rings is 1. The minimum absolute atomic E-state index is 0.0114. The molecule has 2 heterocycles. The van der Waals surface area contributed by atoms with Gasteiger partial charge in [0.25, 0.3) is 5.88 Å². The number of carbonyl (C=O) groups is 1. The monoisotopic (exact) mass is 438 g/mol. The van der Waals surface area contributed by atoms with Crippen molar-refractivity contribution in [2.24, 2.45) is 5.92 Å². The third-order valence-electron chi connectivity index (χ3n) is 4.70. The number of piperidine rings is 1. The SMILES string of the molecule is CCOC(=O)c1sc(CN2CCCC(C)C2)nc1OS(=O)(=O)c1ccc(C)cc1. The normalized spacial score (nSPS) is 17.8. The molecule has 1 unspecified atom stereocenters. The quantitative estimate of drug-likeness (QED) is 0.482. The van der Waals surface area contributed by atoms with Crippen LogP contribution in [-0.4, -0.2) is 44.0 Å². The molecule has 0 saturated carbocycles. The third-order valence-corrected chi connectivity index (χ3v) is 6.93. The number of hydrogen-bond donors (Lipinski definition) is 0. The molecular formula is C20H26N2O5S2. The van der Waals surface area contributed by atoms with Crippen molar-refractivity contribution in [3.05, 3.63) is 39.7 Å². The Balaban J connectivity index is 1.86. The van der Waals surface area contributed by atoms with E-state index >= 15 is 0 Å². The van der Waals surface area contributed by atoms with Crippen LogP contribution in [0.3, 0.4) is 0 Å². The van der Waals surface area contributed by atoms with Gasteiger partial charge in [-0.05, 0) is 51.3 Å². The lowest BCUT2D eigenvalue weighted by atomic mass is 10.0. The summed E-state index contributed by atoms with van der Waals surface area (Å²) in [5.74, 6) is -0.239. The zero-order valence-corrected chi connectivity index (χ0v) is 18.5. The molecule has 0 N–H and O–H groups in total. The average Bonchev–Trinajstić information content (AvgIpc) is 3.04. The van der Waals surface area contributed by atoms with Gasteiger partial charge in [-0.2, -0.15) is 8.42 Å². The van der Waals surface area contributed by atoms with Gasteiger partial charge >= 0.3 is 16.1 Å². The van der Waals surface area contributed by atoms with Gasteiger partial charge in [-0.25, -0.2) is 9.78 Å². The predicted molar refractivity (Wildman–Crippen MR) is 111 cm³/mol. The van der Waals surface area contributed by atoms with E-state index in [9.17, 15) is 13.2 Å². The topological polar surface area (TPSA) is 85.8 Å². The highest BCUT2D eigenvalue weighted by Crippen LogP contribution is 2.30. The van der Waals surface area contributed by atoms with E-state index in [2.05, 4.69) is 16.8 Å².